The molecule has 1 saturated heterocycles. The monoisotopic (exact) mass is 286 g/mol. The summed E-state index contributed by atoms with van der Waals surface area (Å²) in [6.45, 7) is 0.506. The molecule has 1 aromatic carbocycles. The predicted molar refractivity (Wildman–Crippen MR) is 74.4 cm³/mol. The second-order valence-electron chi connectivity index (χ2n) is 4.96. The number of ether oxygens (including phenoxy) is 1. The quantitative estimate of drug-likeness (QED) is 0.619. The van der Waals surface area contributed by atoms with E-state index in [0.29, 0.717) is 6.61 Å². The summed E-state index contributed by atoms with van der Waals surface area (Å²) < 4.78 is 5.42. The number of carbonyl (C=O) groups is 3. The zero-order valence-electron chi connectivity index (χ0n) is 11.3. The Labute approximate surface area is 121 Å². The van der Waals surface area contributed by atoms with Crippen molar-refractivity contribution in [1.82, 2.24) is 10.2 Å². The van der Waals surface area contributed by atoms with E-state index in [1.54, 1.807) is 6.08 Å². The molecule has 3 amide bonds. The smallest absolute Gasteiger partial charge is 0.247 e. The average Bonchev–Trinajstić information content (AvgIpc) is 2.91. The lowest BCUT2D eigenvalue weighted by atomic mass is 10.1. The van der Waals surface area contributed by atoms with Crippen molar-refractivity contribution < 1.29 is 19.1 Å². The van der Waals surface area contributed by atoms with E-state index in [1.807, 2.05) is 18.2 Å². The summed E-state index contributed by atoms with van der Waals surface area (Å²) >= 11 is 0. The Hall–Kier alpha value is -2.63. The van der Waals surface area contributed by atoms with Crippen LogP contribution in [0.5, 0.6) is 5.75 Å². The second-order valence-corrected chi connectivity index (χ2v) is 4.96. The van der Waals surface area contributed by atoms with Gasteiger partial charge in [-0.05, 0) is 29.3 Å². The van der Waals surface area contributed by atoms with Crippen LogP contribution in [0, 0.1) is 0 Å². The van der Waals surface area contributed by atoms with Crippen LogP contribution in [0.2, 0.25) is 0 Å². The van der Waals surface area contributed by atoms with Crippen LogP contribution >= 0.6 is 0 Å². The minimum atomic E-state index is -0.456. The van der Waals surface area contributed by atoms with E-state index in [1.165, 1.54) is 11.0 Å². The minimum absolute atomic E-state index is 0.0903. The zero-order valence-corrected chi connectivity index (χ0v) is 11.3. The van der Waals surface area contributed by atoms with Crippen LogP contribution in [0.25, 0.3) is 6.08 Å². The van der Waals surface area contributed by atoms with Gasteiger partial charge in [0, 0.05) is 12.5 Å². The van der Waals surface area contributed by atoms with E-state index >= 15 is 0 Å². The van der Waals surface area contributed by atoms with E-state index in [-0.39, 0.29) is 19.0 Å². The van der Waals surface area contributed by atoms with Crippen LogP contribution in [0.3, 0.4) is 0 Å². The number of nitrogens with one attached hydrogen (secondary N) is 1. The molecule has 0 aliphatic carbocycles. The van der Waals surface area contributed by atoms with Gasteiger partial charge in [-0.3, -0.25) is 19.7 Å². The maximum Gasteiger partial charge on any atom is 0.247 e. The highest BCUT2D eigenvalue weighted by Crippen LogP contribution is 2.26. The molecule has 0 aromatic heterocycles. The molecule has 1 fully saturated rings. The van der Waals surface area contributed by atoms with Crippen LogP contribution in [0.15, 0.2) is 24.3 Å². The first-order valence-corrected chi connectivity index (χ1v) is 6.67. The standard InChI is InChI=1S/C15H14N2O4/c18-13-8-17(9-14(19)16-13)15(20)4-2-10-1-3-12-11(7-10)5-6-21-12/h1-4,7H,5-6,8-9H2,(H,16,18,19). The van der Waals surface area contributed by atoms with Gasteiger partial charge in [-0.2, -0.15) is 0 Å². The number of nitrogens with zero attached hydrogens (tertiary/aromatic N) is 1. The summed E-state index contributed by atoms with van der Waals surface area (Å²) in [5.74, 6) is -0.378. The molecule has 0 saturated carbocycles. The summed E-state index contributed by atoms with van der Waals surface area (Å²) in [5.41, 5.74) is 2.01. The van der Waals surface area contributed by atoms with Crippen molar-refractivity contribution >= 4 is 23.8 Å². The molecule has 0 atom stereocenters. The molecule has 0 bridgehead atoms. The molecular formula is C15H14N2O4. The van der Waals surface area contributed by atoms with Gasteiger partial charge in [-0.25, -0.2) is 0 Å². The van der Waals surface area contributed by atoms with E-state index in [0.717, 1.165) is 23.3 Å². The van der Waals surface area contributed by atoms with Gasteiger partial charge in [0.25, 0.3) is 0 Å². The average molecular weight is 286 g/mol. The fourth-order valence-corrected chi connectivity index (χ4v) is 2.38. The minimum Gasteiger partial charge on any atom is -0.493 e. The molecule has 1 aromatic rings. The Morgan fingerprint density at radius 3 is 2.76 bits per heavy atom. The summed E-state index contributed by atoms with van der Waals surface area (Å²) in [7, 11) is 0. The highest BCUT2D eigenvalue weighted by atomic mass is 16.5. The molecular weight excluding hydrogens is 272 g/mol. The van der Waals surface area contributed by atoms with Crippen LogP contribution in [-0.4, -0.2) is 42.3 Å². The van der Waals surface area contributed by atoms with Gasteiger partial charge in [0.2, 0.25) is 17.7 Å². The van der Waals surface area contributed by atoms with Crippen LogP contribution in [0.1, 0.15) is 11.1 Å². The Kier molecular flexibility index (Phi) is 3.43. The first kappa shape index (κ1) is 13.4. The molecule has 2 aliphatic rings. The van der Waals surface area contributed by atoms with Gasteiger partial charge in [-0.15, -0.1) is 0 Å². The Morgan fingerprint density at radius 1 is 1.24 bits per heavy atom. The molecule has 3 rings (SSSR count). The summed E-state index contributed by atoms with van der Waals surface area (Å²) in [5, 5.41) is 2.16. The Morgan fingerprint density at radius 2 is 2.00 bits per heavy atom. The lowest BCUT2D eigenvalue weighted by molar-refractivity contribution is -0.143. The third-order valence-corrected chi connectivity index (χ3v) is 3.39. The Balaban J connectivity index is 1.69. The second kappa shape index (κ2) is 5.40. The maximum absolute atomic E-state index is 12.0. The molecule has 108 valence electrons. The molecule has 2 heterocycles. The number of hydrogen-bond acceptors (Lipinski definition) is 4. The lowest BCUT2D eigenvalue weighted by Gasteiger charge is -2.24. The summed E-state index contributed by atoms with van der Waals surface area (Å²) in [6.07, 6.45) is 3.92. The van der Waals surface area contributed by atoms with E-state index < -0.39 is 11.8 Å². The number of benzene rings is 1. The number of piperazine rings is 1. The molecule has 1 N–H and O–H groups in total. The van der Waals surface area contributed by atoms with Gasteiger partial charge in [0.15, 0.2) is 0 Å². The molecule has 0 unspecified atom stereocenters. The number of imide groups is 1. The van der Waals surface area contributed by atoms with Crippen molar-refractivity contribution in [3.8, 4) is 5.75 Å². The number of amides is 3. The van der Waals surface area contributed by atoms with Gasteiger partial charge in [0.1, 0.15) is 18.8 Å². The molecule has 6 heteroatoms. The van der Waals surface area contributed by atoms with Gasteiger partial charge >= 0.3 is 0 Å². The van der Waals surface area contributed by atoms with E-state index in [4.69, 9.17) is 4.74 Å². The van der Waals surface area contributed by atoms with Crippen molar-refractivity contribution in [2.45, 2.75) is 6.42 Å². The number of rotatable bonds is 2. The highest BCUT2D eigenvalue weighted by molar-refractivity contribution is 6.04. The fraction of sp³-hybridized carbons (Fsp3) is 0.267. The van der Waals surface area contributed by atoms with Crippen molar-refractivity contribution in [3.05, 3.63) is 35.4 Å². The molecule has 0 radical (unpaired) electrons. The fourth-order valence-electron chi connectivity index (χ4n) is 2.38. The van der Waals surface area contributed by atoms with Gasteiger partial charge in [0.05, 0.1) is 6.61 Å². The maximum atomic E-state index is 12.0. The third-order valence-electron chi connectivity index (χ3n) is 3.39. The summed E-state index contributed by atoms with van der Waals surface area (Å²) in [4.78, 5) is 35.6. The van der Waals surface area contributed by atoms with Gasteiger partial charge in [-0.1, -0.05) is 6.07 Å². The van der Waals surface area contributed by atoms with Crippen LogP contribution < -0.4 is 10.1 Å². The largest absolute Gasteiger partial charge is 0.493 e. The highest BCUT2D eigenvalue weighted by Gasteiger charge is 2.24. The zero-order chi connectivity index (χ0) is 14.8. The first-order chi connectivity index (χ1) is 10.1. The number of fused-ring (bicyclic) bond motifs is 1. The molecule has 2 aliphatic heterocycles. The first-order valence-electron chi connectivity index (χ1n) is 6.67. The van der Waals surface area contributed by atoms with Crippen LogP contribution in [0.4, 0.5) is 0 Å². The molecule has 6 nitrogen and oxygen atoms in total. The predicted octanol–water partition coefficient (Wildman–Crippen LogP) is 0.120. The van der Waals surface area contributed by atoms with Crippen molar-refractivity contribution in [2.24, 2.45) is 0 Å². The molecule has 21 heavy (non-hydrogen) atoms. The van der Waals surface area contributed by atoms with Crippen LogP contribution in [-0.2, 0) is 20.8 Å². The normalized spacial score (nSPS) is 17.6. The van der Waals surface area contributed by atoms with Crippen molar-refractivity contribution in [2.75, 3.05) is 19.7 Å². The van der Waals surface area contributed by atoms with Gasteiger partial charge < -0.3 is 9.64 Å². The lowest BCUT2D eigenvalue weighted by Crippen LogP contribution is -2.52. The van der Waals surface area contributed by atoms with Crippen molar-refractivity contribution in [1.29, 1.82) is 0 Å². The number of hydrogen-bond donors (Lipinski definition) is 1. The SMILES string of the molecule is O=C1CN(C(=O)C=Cc2ccc3c(c2)CCO3)CC(=O)N1. The Bertz CT molecular complexity index is 635. The summed E-state index contributed by atoms with van der Waals surface area (Å²) in [6, 6.07) is 5.71. The van der Waals surface area contributed by atoms with Crippen molar-refractivity contribution in [3.63, 3.8) is 0 Å². The van der Waals surface area contributed by atoms with E-state index in [9.17, 15) is 14.4 Å². The molecule has 0 spiro atoms. The number of carbonyl (C=O) groups excluding carboxylic acids is 3. The van der Waals surface area contributed by atoms with E-state index in [2.05, 4.69) is 5.32 Å². The third kappa shape index (κ3) is 2.94. The topological polar surface area (TPSA) is 75.7 Å².